The maximum atomic E-state index is 12.6. The molecule has 3 saturated heterocycles. The van der Waals surface area contributed by atoms with E-state index < -0.39 is 12.2 Å². The van der Waals surface area contributed by atoms with Crippen molar-refractivity contribution in [2.45, 2.75) is 49.4 Å². The van der Waals surface area contributed by atoms with E-state index in [1.807, 2.05) is 6.08 Å². The highest BCUT2D eigenvalue weighted by Crippen LogP contribution is 2.65. The Balaban J connectivity index is 1.64. The normalized spacial score (nSPS) is 57.7. The van der Waals surface area contributed by atoms with E-state index in [4.69, 9.17) is 9.47 Å². The Morgan fingerprint density at radius 1 is 1.32 bits per heavy atom. The van der Waals surface area contributed by atoms with Gasteiger partial charge in [0.25, 0.3) is 0 Å². The number of aliphatic hydroxyl groups is 1. The zero-order valence-corrected chi connectivity index (χ0v) is 12.4. The Labute approximate surface area is 128 Å². The second kappa shape index (κ2) is 3.56. The minimum Gasteiger partial charge on any atom is -0.386 e. The maximum Gasteiger partial charge on any atom is 0.197 e. The number of likely N-dealkylation sites (tertiary alicyclic amines) is 1. The third-order valence-electron chi connectivity index (χ3n) is 6.98. The van der Waals surface area contributed by atoms with Crippen LogP contribution in [0.1, 0.15) is 12.8 Å². The Bertz CT molecular complexity index is 670. The van der Waals surface area contributed by atoms with Gasteiger partial charge in [0.05, 0.1) is 12.2 Å². The Kier molecular flexibility index (Phi) is 2.01. The van der Waals surface area contributed by atoms with Crippen LogP contribution in [0.4, 0.5) is 0 Å². The molecule has 0 aromatic rings. The number of Topliss-reactive ketones (excluding diaryl/α,β-unsaturated/α-hetero) is 1. The summed E-state index contributed by atoms with van der Waals surface area (Å²) >= 11 is 0. The van der Waals surface area contributed by atoms with Gasteiger partial charge in [-0.3, -0.25) is 4.79 Å². The summed E-state index contributed by atoms with van der Waals surface area (Å²) in [4.78, 5) is 15.0. The molecule has 0 amide bonds. The summed E-state index contributed by atoms with van der Waals surface area (Å²) in [6.45, 7) is 0.994. The lowest BCUT2D eigenvalue weighted by molar-refractivity contribution is -0.136. The van der Waals surface area contributed by atoms with E-state index in [9.17, 15) is 9.90 Å². The van der Waals surface area contributed by atoms with Crippen molar-refractivity contribution in [3.63, 3.8) is 0 Å². The number of rotatable bonds is 0. The van der Waals surface area contributed by atoms with E-state index in [0.717, 1.165) is 19.4 Å². The summed E-state index contributed by atoms with van der Waals surface area (Å²) < 4.78 is 11.8. The molecule has 3 fully saturated rings. The molecule has 1 N–H and O–H groups in total. The molecule has 8 atom stereocenters. The summed E-state index contributed by atoms with van der Waals surface area (Å²) in [7, 11) is 2.18. The molecule has 3 unspecified atom stereocenters. The van der Waals surface area contributed by atoms with Crippen molar-refractivity contribution in [3.8, 4) is 0 Å². The molecule has 3 aliphatic carbocycles. The van der Waals surface area contributed by atoms with Crippen molar-refractivity contribution in [2.24, 2.45) is 11.3 Å². The molecular formula is C17H19NO4. The molecule has 0 radical (unpaired) electrons. The number of nitrogens with zero attached hydrogens (tertiary/aromatic N) is 1. The number of aliphatic hydroxyl groups excluding tert-OH is 1. The average Bonchev–Trinajstić information content (AvgIpc) is 3.23. The number of hydrogen-bond donors (Lipinski definition) is 1. The van der Waals surface area contributed by atoms with Gasteiger partial charge in [-0.1, -0.05) is 12.2 Å². The lowest BCUT2D eigenvalue weighted by Gasteiger charge is -2.57. The van der Waals surface area contributed by atoms with E-state index in [1.54, 1.807) is 0 Å². The summed E-state index contributed by atoms with van der Waals surface area (Å²) in [5.41, 5.74) is 2.32. The van der Waals surface area contributed by atoms with E-state index in [-0.39, 0.29) is 29.5 Å². The third-order valence-corrected chi connectivity index (χ3v) is 6.98. The first-order valence-corrected chi connectivity index (χ1v) is 8.27. The minimum atomic E-state index is -0.609. The highest BCUT2D eigenvalue weighted by atomic mass is 16.6. The number of carbonyl (C=O) groups is 1. The third kappa shape index (κ3) is 1.12. The molecule has 3 heterocycles. The van der Waals surface area contributed by atoms with Crippen LogP contribution < -0.4 is 0 Å². The first-order chi connectivity index (χ1) is 10.6. The molecule has 5 nitrogen and oxygen atoms in total. The van der Waals surface area contributed by atoms with Gasteiger partial charge >= 0.3 is 0 Å². The molecule has 22 heavy (non-hydrogen) atoms. The van der Waals surface area contributed by atoms with Crippen molar-refractivity contribution in [2.75, 3.05) is 13.6 Å². The molecular weight excluding hydrogens is 282 g/mol. The minimum absolute atomic E-state index is 0.00373. The molecule has 0 aromatic carbocycles. The highest BCUT2D eigenvalue weighted by molar-refractivity contribution is 5.96. The van der Waals surface area contributed by atoms with Gasteiger partial charge in [-0.2, -0.15) is 0 Å². The Hall–Kier alpha value is -1.01. The number of ketones is 1. The molecule has 6 aliphatic rings. The number of epoxide rings is 1. The lowest BCUT2D eigenvalue weighted by Crippen LogP contribution is -2.62. The number of hydrogen-bond acceptors (Lipinski definition) is 5. The van der Waals surface area contributed by atoms with Crippen molar-refractivity contribution in [3.05, 3.63) is 23.3 Å². The van der Waals surface area contributed by atoms with Crippen LogP contribution in [0.3, 0.4) is 0 Å². The predicted octanol–water partition coefficient (Wildman–Crippen LogP) is 0.0416. The second-order valence-corrected chi connectivity index (χ2v) is 7.70. The van der Waals surface area contributed by atoms with E-state index in [0.29, 0.717) is 12.0 Å². The zero-order chi connectivity index (χ0) is 14.8. The van der Waals surface area contributed by atoms with Crippen LogP contribution in [0.25, 0.3) is 0 Å². The fourth-order valence-corrected chi connectivity index (χ4v) is 6.02. The topological polar surface area (TPSA) is 62.3 Å². The maximum absolute atomic E-state index is 12.6. The standard InChI is InChI=1S/C17H19NO4/c1-18-5-4-17-8-2-3-10(19)16(17)22-14-11(17)7(6-9(8)18)13-15(21-13)12(14)20/h2-3,8-10,13-16,19H,4-6H2,1H3/t8-,9+,10-,13?,14?,15?,16-,17-/m0/s1. The van der Waals surface area contributed by atoms with Gasteiger partial charge in [0.15, 0.2) is 5.78 Å². The van der Waals surface area contributed by atoms with Crippen LogP contribution in [0.15, 0.2) is 23.3 Å². The van der Waals surface area contributed by atoms with Crippen LogP contribution in [-0.4, -0.2) is 65.9 Å². The Morgan fingerprint density at radius 2 is 2.18 bits per heavy atom. The fourth-order valence-electron chi connectivity index (χ4n) is 6.02. The monoisotopic (exact) mass is 301 g/mol. The smallest absolute Gasteiger partial charge is 0.197 e. The molecule has 116 valence electrons. The van der Waals surface area contributed by atoms with Crippen LogP contribution >= 0.6 is 0 Å². The fraction of sp³-hybridized carbons (Fsp3) is 0.706. The van der Waals surface area contributed by atoms with Gasteiger partial charge in [-0.25, -0.2) is 0 Å². The molecule has 5 heteroatoms. The molecule has 3 aliphatic heterocycles. The van der Waals surface area contributed by atoms with Gasteiger partial charge in [-0.05, 0) is 37.6 Å². The van der Waals surface area contributed by atoms with Crippen LogP contribution in [-0.2, 0) is 14.3 Å². The van der Waals surface area contributed by atoms with Crippen LogP contribution in [0, 0.1) is 11.3 Å². The van der Waals surface area contributed by atoms with E-state index in [2.05, 4.69) is 18.0 Å². The highest BCUT2D eigenvalue weighted by Gasteiger charge is 2.71. The largest absolute Gasteiger partial charge is 0.386 e. The van der Waals surface area contributed by atoms with Crippen LogP contribution in [0.2, 0.25) is 0 Å². The van der Waals surface area contributed by atoms with Gasteiger partial charge in [0.1, 0.15) is 18.3 Å². The summed E-state index contributed by atoms with van der Waals surface area (Å²) in [6, 6.07) is 0.430. The van der Waals surface area contributed by atoms with Gasteiger partial charge in [-0.15, -0.1) is 0 Å². The average molecular weight is 301 g/mol. The molecule has 0 aromatic heterocycles. The van der Waals surface area contributed by atoms with E-state index >= 15 is 0 Å². The van der Waals surface area contributed by atoms with Gasteiger partial charge in [0.2, 0.25) is 0 Å². The Morgan fingerprint density at radius 3 is 3.05 bits per heavy atom. The quantitative estimate of drug-likeness (QED) is 0.506. The van der Waals surface area contributed by atoms with Gasteiger partial charge in [0, 0.05) is 17.4 Å². The second-order valence-electron chi connectivity index (χ2n) is 7.70. The first kappa shape index (κ1) is 12.4. The van der Waals surface area contributed by atoms with Gasteiger partial charge < -0.3 is 19.5 Å². The van der Waals surface area contributed by atoms with Crippen LogP contribution in [0.5, 0.6) is 0 Å². The van der Waals surface area contributed by atoms with Crippen molar-refractivity contribution >= 4 is 5.78 Å². The number of ether oxygens (including phenoxy) is 2. The summed E-state index contributed by atoms with van der Waals surface area (Å²) in [5, 5.41) is 10.5. The van der Waals surface area contributed by atoms with E-state index in [1.165, 1.54) is 11.1 Å². The molecule has 6 rings (SSSR count). The lowest BCUT2D eigenvalue weighted by atomic mass is 9.51. The number of piperidine rings is 1. The molecule has 0 saturated carbocycles. The van der Waals surface area contributed by atoms with Crippen molar-refractivity contribution in [1.29, 1.82) is 0 Å². The van der Waals surface area contributed by atoms with Crippen molar-refractivity contribution in [1.82, 2.24) is 4.90 Å². The number of carbonyl (C=O) groups excluding carboxylic acids is 1. The predicted molar refractivity (Wildman–Crippen MR) is 76.1 cm³/mol. The summed E-state index contributed by atoms with van der Waals surface area (Å²) in [5.74, 6) is 0.419. The molecule has 1 spiro atoms. The summed E-state index contributed by atoms with van der Waals surface area (Å²) in [6.07, 6.45) is 4.36. The zero-order valence-electron chi connectivity index (χ0n) is 12.4. The SMILES string of the molecule is CN1CC[C@@]23C4=C5C[C@@H]1[C@@H]2C=C[C@H](O)[C@@H]3OC4C(=O)C1OC51. The molecule has 2 bridgehead atoms. The van der Waals surface area contributed by atoms with Crippen molar-refractivity contribution < 1.29 is 19.4 Å². The number of fused-ring (bicyclic) bond motifs is 2. The first-order valence-electron chi connectivity index (χ1n) is 8.27.